The summed E-state index contributed by atoms with van der Waals surface area (Å²) >= 11 is 1.39. The molecule has 0 fully saturated rings. The molecule has 2 heterocycles. The highest BCUT2D eigenvalue weighted by molar-refractivity contribution is 7.19. The quantitative estimate of drug-likeness (QED) is 0.487. The van der Waals surface area contributed by atoms with Crippen LogP contribution in [0.4, 0.5) is 13.2 Å². The minimum Gasteiger partial charge on any atom is -0.182 e. The van der Waals surface area contributed by atoms with Gasteiger partial charge in [0.2, 0.25) is 4.96 Å². The second-order valence-electron chi connectivity index (χ2n) is 6.08. The molecule has 132 valence electrons. The van der Waals surface area contributed by atoms with Crippen LogP contribution in [0.15, 0.2) is 42.5 Å². The number of nitrogens with zero attached hydrogens (tertiary/aromatic N) is 4. The molecule has 0 aliphatic heterocycles. The maximum atomic E-state index is 12.7. The molecule has 2 aromatic heterocycles. The van der Waals surface area contributed by atoms with E-state index in [9.17, 15) is 13.2 Å². The van der Waals surface area contributed by atoms with Crippen molar-refractivity contribution in [1.82, 2.24) is 19.8 Å². The van der Waals surface area contributed by atoms with Crippen LogP contribution in [0, 0.1) is 13.8 Å². The standard InChI is InChI=1S/C18H13F3N4S/c1-10-7-11(2)9-13(8-10)16-24-25-15(22-23-17(25)26-16)12-3-5-14(6-4-12)18(19,20)21/h3-9H,1-2H3. The van der Waals surface area contributed by atoms with Crippen LogP contribution in [-0.2, 0) is 6.18 Å². The van der Waals surface area contributed by atoms with Crippen LogP contribution in [0.1, 0.15) is 16.7 Å². The molecule has 0 saturated heterocycles. The van der Waals surface area contributed by atoms with E-state index in [0.29, 0.717) is 16.3 Å². The van der Waals surface area contributed by atoms with Crippen molar-refractivity contribution in [2.75, 3.05) is 0 Å². The van der Waals surface area contributed by atoms with Crippen LogP contribution >= 0.6 is 11.3 Å². The molecule has 0 aliphatic carbocycles. The van der Waals surface area contributed by atoms with Gasteiger partial charge in [-0.25, -0.2) is 0 Å². The molecule has 0 unspecified atom stereocenters. The maximum Gasteiger partial charge on any atom is 0.416 e. The number of hydrogen-bond donors (Lipinski definition) is 0. The van der Waals surface area contributed by atoms with Crippen molar-refractivity contribution in [3.05, 3.63) is 59.2 Å². The average molecular weight is 374 g/mol. The number of alkyl halides is 3. The van der Waals surface area contributed by atoms with Gasteiger partial charge in [-0.3, -0.25) is 0 Å². The first-order valence-corrected chi connectivity index (χ1v) is 8.61. The Morgan fingerprint density at radius 1 is 0.885 bits per heavy atom. The highest BCUT2D eigenvalue weighted by Gasteiger charge is 2.30. The molecule has 0 spiro atoms. The summed E-state index contributed by atoms with van der Waals surface area (Å²) in [6.07, 6.45) is -4.37. The highest BCUT2D eigenvalue weighted by atomic mass is 32.1. The van der Waals surface area contributed by atoms with Gasteiger partial charge in [0.05, 0.1) is 5.56 Å². The van der Waals surface area contributed by atoms with E-state index in [2.05, 4.69) is 21.4 Å². The van der Waals surface area contributed by atoms with Gasteiger partial charge in [0.1, 0.15) is 5.01 Å². The lowest BCUT2D eigenvalue weighted by atomic mass is 10.1. The summed E-state index contributed by atoms with van der Waals surface area (Å²) in [5, 5.41) is 13.5. The first-order valence-electron chi connectivity index (χ1n) is 7.80. The smallest absolute Gasteiger partial charge is 0.182 e. The molecule has 4 nitrogen and oxygen atoms in total. The van der Waals surface area contributed by atoms with E-state index in [1.54, 1.807) is 4.52 Å². The van der Waals surface area contributed by atoms with Gasteiger partial charge < -0.3 is 0 Å². The van der Waals surface area contributed by atoms with Gasteiger partial charge in [-0.05, 0) is 38.1 Å². The van der Waals surface area contributed by atoms with Crippen LogP contribution in [0.3, 0.4) is 0 Å². The van der Waals surface area contributed by atoms with Crippen LogP contribution in [0.25, 0.3) is 26.9 Å². The van der Waals surface area contributed by atoms with Crippen molar-refractivity contribution in [3.63, 3.8) is 0 Å². The second kappa shape index (κ2) is 5.91. The molecule has 0 atom stereocenters. The molecule has 0 bridgehead atoms. The number of aromatic nitrogens is 4. The van der Waals surface area contributed by atoms with Gasteiger partial charge in [0.15, 0.2) is 5.82 Å². The Kier molecular flexibility index (Phi) is 3.80. The van der Waals surface area contributed by atoms with Crippen molar-refractivity contribution in [2.45, 2.75) is 20.0 Å². The summed E-state index contributed by atoms with van der Waals surface area (Å²) in [5.41, 5.74) is 3.08. The Balaban J connectivity index is 1.77. The Bertz CT molecular complexity index is 1070. The van der Waals surface area contributed by atoms with Gasteiger partial charge in [0.25, 0.3) is 0 Å². The maximum absolute atomic E-state index is 12.7. The van der Waals surface area contributed by atoms with Gasteiger partial charge >= 0.3 is 6.18 Å². The molecule has 0 N–H and O–H groups in total. The van der Waals surface area contributed by atoms with Crippen LogP contribution in [0.5, 0.6) is 0 Å². The van der Waals surface area contributed by atoms with Gasteiger partial charge in [0, 0.05) is 11.1 Å². The van der Waals surface area contributed by atoms with E-state index < -0.39 is 11.7 Å². The molecule has 0 aliphatic rings. The summed E-state index contributed by atoms with van der Waals surface area (Å²) in [4.78, 5) is 0.592. The zero-order valence-electron chi connectivity index (χ0n) is 13.9. The molecule has 4 rings (SSSR count). The third-order valence-electron chi connectivity index (χ3n) is 3.93. The van der Waals surface area contributed by atoms with Crippen molar-refractivity contribution < 1.29 is 13.2 Å². The van der Waals surface area contributed by atoms with Crippen LogP contribution < -0.4 is 0 Å². The molecule has 0 amide bonds. The topological polar surface area (TPSA) is 43.1 Å². The fourth-order valence-electron chi connectivity index (χ4n) is 2.82. The highest BCUT2D eigenvalue weighted by Crippen LogP contribution is 2.32. The van der Waals surface area contributed by atoms with Gasteiger partial charge in [-0.2, -0.15) is 22.8 Å². The SMILES string of the molecule is Cc1cc(C)cc(-c2nn3c(-c4ccc(C(F)(F)F)cc4)nnc3s2)c1. The van der Waals surface area contributed by atoms with Gasteiger partial charge in [-0.15, -0.1) is 10.2 Å². The third-order valence-corrected chi connectivity index (χ3v) is 4.88. The molecular weight excluding hydrogens is 361 g/mol. The summed E-state index contributed by atoms with van der Waals surface area (Å²) < 4.78 is 39.8. The Hall–Kier alpha value is -2.74. The first-order chi connectivity index (χ1) is 12.3. The Morgan fingerprint density at radius 3 is 2.15 bits per heavy atom. The van der Waals surface area contributed by atoms with E-state index >= 15 is 0 Å². The minimum absolute atomic E-state index is 0.417. The van der Waals surface area contributed by atoms with Gasteiger partial charge in [-0.1, -0.05) is 40.7 Å². The summed E-state index contributed by atoms with van der Waals surface area (Å²) in [7, 11) is 0. The van der Waals surface area contributed by atoms with E-state index in [0.717, 1.165) is 33.8 Å². The molecule has 26 heavy (non-hydrogen) atoms. The molecule has 0 radical (unpaired) electrons. The van der Waals surface area contributed by atoms with E-state index in [-0.39, 0.29) is 0 Å². The fourth-order valence-corrected chi connectivity index (χ4v) is 3.65. The van der Waals surface area contributed by atoms with E-state index in [1.807, 2.05) is 26.0 Å². The zero-order chi connectivity index (χ0) is 18.5. The van der Waals surface area contributed by atoms with E-state index in [4.69, 9.17) is 0 Å². The second-order valence-corrected chi connectivity index (χ2v) is 7.03. The summed E-state index contributed by atoms with van der Waals surface area (Å²) in [6.45, 7) is 4.04. The predicted molar refractivity (Wildman–Crippen MR) is 94.0 cm³/mol. The van der Waals surface area contributed by atoms with Crippen LogP contribution in [-0.4, -0.2) is 19.8 Å². The number of benzene rings is 2. The Morgan fingerprint density at radius 2 is 1.54 bits per heavy atom. The van der Waals surface area contributed by atoms with E-state index in [1.165, 1.54) is 23.5 Å². The minimum atomic E-state index is -4.37. The lowest BCUT2D eigenvalue weighted by Gasteiger charge is -2.06. The number of aryl methyl sites for hydroxylation is 2. The molecular formula is C18H13F3N4S. The number of fused-ring (bicyclic) bond motifs is 1. The predicted octanol–water partition coefficient (Wildman–Crippen LogP) is 5.16. The lowest BCUT2D eigenvalue weighted by molar-refractivity contribution is -0.137. The van der Waals surface area contributed by atoms with Crippen molar-refractivity contribution >= 4 is 16.3 Å². The van der Waals surface area contributed by atoms with Crippen molar-refractivity contribution in [2.24, 2.45) is 0 Å². The third kappa shape index (κ3) is 2.96. The number of halogens is 3. The average Bonchev–Trinajstić information content (AvgIpc) is 3.13. The largest absolute Gasteiger partial charge is 0.416 e. The molecule has 2 aromatic carbocycles. The van der Waals surface area contributed by atoms with Crippen molar-refractivity contribution in [3.8, 4) is 22.0 Å². The monoisotopic (exact) mass is 374 g/mol. The number of rotatable bonds is 2. The normalized spacial score (nSPS) is 12.0. The Labute approximate surface area is 150 Å². The van der Waals surface area contributed by atoms with Crippen LogP contribution in [0.2, 0.25) is 0 Å². The van der Waals surface area contributed by atoms with Crippen molar-refractivity contribution in [1.29, 1.82) is 0 Å². The summed E-state index contributed by atoms with van der Waals surface area (Å²) in [5.74, 6) is 0.417. The first kappa shape index (κ1) is 16.7. The number of hydrogen-bond acceptors (Lipinski definition) is 4. The molecule has 8 heteroatoms. The summed E-state index contributed by atoms with van der Waals surface area (Å²) in [6, 6.07) is 11.0. The zero-order valence-corrected chi connectivity index (χ0v) is 14.7. The molecule has 4 aromatic rings. The molecule has 0 saturated carbocycles. The fraction of sp³-hybridized carbons (Fsp3) is 0.167. The lowest BCUT2D eigenvalue weighted by Crippen LogP contribution is -2.04.